The third kappa shape index (κ3) is 3.79. The van der Waals surface area contributed by atoms with Crippen LogP contribution in [0.15, 0.2) is 0 Å². The summed E-state index contributed by atoms with van der Waals surface area (Å²) in [6.07, 6.45) is 11.5. The first-order valence-corrected chi connectivity index (χ1v) is 7.04. The molecule has 88 valence electrons. The molecule has 0 aromatic carbocycles. The monoisotopic (exact) mass is 209 g/mol. The zero-order valence-electron chi connectivity index (χ0n) is 10.5. The molecule has 2 rings (SSSR count). The highest BCUT2D eigenvalue weighted by atomic mass is 14.9. The Balaban J connectivity index is 1.68. The fraction of sp³-hybridized carbons (Fsp3) is 1.00. The van der Waals surface area contributed by atoms with Gasteiger partial charge in [0.25, 0.3) is 0 Å². The molecule has 1 unspecified atom stereocenters. The summed E-state index contributed by atoms with van der Waals surface area (Å²) in [5.41, 5.74) is 0. The summed E-state index contributed by atoms with van der Waals surface area (Å²) in [7, 11) is 0. The second-order valence-electron chi connectivity index (χ2n) is 5.91. The Kier molecular flexibility index (Phi) is 4.07. The Bertz CT molecular complexity index is 178. The van der Waals surface area contributed by atoms with Crippen LogP contribution in [0.4, 0.5) is 0 Å². The Labute approximate surface area is 95.0 Å². The topological polar surface area (TPSA) is 12.0 Å². The second kappa shape index (κ2) is 5.34. The minimum atomic E-state index is 0.816. The molecule has 1 heteroatoms. The van der Waals surface area contributed by atoms with E-state index in [-0.39, 0.29) is 0 Å². The van der Waals surface area contributed by atoms with Crippen molar-refractivity contribution in [3.63, 3.8) is 0 Å². The van der Waals surface area contributed by atoms with Crippen molar-refractivity contribution in [3.05, 3.63) is 0 Å². The molecule has 2 aliphatic carbocycles. The van der Waals surface area contributed by atoms with Crippen molar-refractivity contribution >= 4 is 0 Å². The maximum atomic E-state index is 3.90. The molecular weight excluding hydrogens is 182 g/mol. The van der Waals surface area contributed by atoms with E-state index in [4.69, 9.17) is 0 Å². The van der Waals surface area contributed by atoms with Gasteiger partial charge in [-0.05, 0) is 50.4 Å². The lowest BCUT2D eigenvalue weighted by molar-refractivity contribution is 0.275. The molecule has 1 N–H and O–H groups in total. The molecule has 0 aromatic rings. The van der Waals surface area contributed by atoms with Gasteiger partial charge in [-0.3, -0.25) is 0 Å². The maximum absolute atomic E-state index is 3.90. The van der Waals surface area contributed by atoms with Gasteiger partial charge in [0.1, 0.15) is 0 Å². The minimum absolute atomic E-state index is 0.816. The van der Waals surface area contributed by atoms with Crippen molar-refractivity contribution < 1.29 is 0 Å². The van der Waals surface area contributed by atoms with Gasteiger partial charge in [0.15, 0.2) is 0 Å². The van der Waals surface area contributed by atoms with Crippen LogP contribution >= 0.6 is 0 Å². The van der Waals surface area contributed by atoms with Gasteiger partial charge >= 0.3 is 0 Å². The predicted molar refractivity (Wildman–Crippen MR) is 66.0 cm³/mol. The van der Waals surface area contributed by atoms with E-state index in [1.807, 2.05) is 0 Å². The Morgan fingerprint density at radius 3 is 2.27 bits per heavy atom. The van der Waals surface area contributed by atoms with E-state index in [0.29, 0.717) is 0 Å². The normalized spacial score (nSPS) is 34.0. The van der Waals surface area contributed by atoms with E-state index < -0.39 is 0 Å². The third-order valence-corrected chi connectivity index (χ3v) is 4.29. The zero-order valence-corrected chi connectivity index (χ0v) is 10.5. The summed E-state index contributed by atoms with van der Waals surface area (Å²) < 4.78 is 0. The highest BCUT2D eigenvalue weighted by molar-refractivity contribution is 4.83. The molecule has 0 aliphatic heterocycles. The van der Waals surface area contributed by atoms with Gasteiger partial charge in [0.2, 0.25) is 0 Å². The molecule has 0 aromatic heterocycles. The fourth-order valence-electron chi connectivity index (χ4n) is 2.87. The van der Waals surface area contributed by atoms with Crippen LogP contribution in [0.5, 0.6) is 0 Å². The summed E-state index contributed by atoms with van der Waals surface area (Å²) in [5, 5.41) is 3.90. The van der Waals surface area contributed by atoms with Crippen LogP contribution in [0.25, 0.3) is 0 Å². The van der Waals surface area contributed by atoms with E-state index in [2.05, 4.69) is 19.2 Å². The highest BCUT2D eigenvalue weighted by Crippen LogP contribution is 2.34. The SMILES string of the molecule is CCC(CC1CC1)NC1CCC(C)CC1. The van der Waals surface area contributed by atoms with Gasteiger partial charge in [-0.25, -0.2) is 0 Å². The van der Waals surface area contributed by atoms with Crippen LogP contribution in [-0.4, -0.2) is 12.1 Å². The van der Waals surface area contributed by atoms with Crippen molar-refractivity contribution in [1.29, 1.82) is 0 Å². The van der Waals surface area contributed by atoms with Crippen molar-refractivity contribution in [2.75, 3.05) is 0 Å². The standard InChI is InChI=1S/C14H27N/c1-3-13(10-12-6-7-12)15-14-8-4-11(2)5-9-14/h11-15H,3-10H2,1-2H3. The fourth-order valence-corrected chi connectivity index (χ4v) is 2.87. The van der Waals surface area contributed by atoms with Crippen molar-refractivity contribution in [1.82, 2.24) is 5.32 Å². The van der Waals surface area contributed by atoms with Gasteiger partial charge in [-0.2, -0.15) is 0 Å². The number of rotatable bonds is 5. The van der Waals surface area contributed by atoms with Gasteiger partial charge < -0.3 is 5.32 Å². The second-order valence-corrected chi connectivity index (χ2v) is 5.91. The van der Waals surface area contributed by atoms with E-state index in [1.54, 1.807) is 0 Å². The van der Waals surface area contributed by atoms with Crippen LogP contribution in [0, 0.1) is 11.8 Å². The largest absolute Gasteiger partial charge is 0.311 e. The molecule has 0 amide bonds. The lowest BCUT2D eigenvalue weighted by atomic mass is 9.87. The summed E-state index contributed by atoms with van der Waals surface area (Å²) in [6.45, 7) is 4.74. The molecule has 2 fully saturated rings. The number of hydrogen-bond acceptors (Lipinski definition) is 1. The first kappa shape index (κ1) is 11.4. The van der Waals surface area contributed by atoms with Crippen LogP contribution < -0.4 is 5.32 Å². The Hall–Kier alpha value is -0.0400. The molecule has 0 heterocycles. The van der Waals surface area contributed by atoms with E-state index in [1.165, 1.54) is 51.4 Å². The molecule has 1 nitrogen and oxygen atoms in total. The third-order valence-electron chi connectivity index (χ3n) is 4.29. The first-order chi connectivity index (χ1) is 7.28. The maximum Gasteiger partial charge on any atom is 0.00698 e. The van der Waals surface area contributed by atoms with Crippen molar-refractivity contribution in [3.8, 4) is 0 Å². The summed E-state index contributed by atoms with van der Waals surface area (Å²) in [6, 6.07) is 1.65. The molecule has 0 bridgehead atoms. The Morgan fingerprint density at radius 2 is 1.73 bits per heavy atom. The zero-order chi connectivity index (χ0) is 10.7. The molecular formula is C14H27N. The van der Waals surface area contributed by atoms with Gasteiger partial charge in [0.05, 0.1) is 0 Å². The lowest BCUT2D eigenvalue weighted by Crippen LogP contribution is -2.40. The predicted octanol–water partition coefficient (Wildman–Crippen LogP) is 3.73. The minimum Gasteiger partial charge on any atom is -0.311 e. The summed E-state index contributed by atoms with van der Waals surface area (Å²) in [5.74, 6) is 2.05. The van der Waals surface area contributed by atoms with Crippen molar-refractivity contribution in [2.45, 2.75) is 77.3 Å². The average molecular weight is 209 g/mol. The number of hydrogen-bond donors (Lipinski definition) is 1. The average Bonchev–Trinajstić information content (AvgIpc) is 3.04. The van der Waals surface area contributed by atoms with Crippen LogP contribution in [-0.2, 0) is 0 Å². The summed E-state index contributed by atoms with van der Waals surface area (Å²) in [4.78, 5) is 0. The Morgan fingerprint density at radius 1 is 1.07 bits per heavy atom. The van der Waals surface area contributed by atoms with Crippen LogP contribution in [0.3, 0.4) is 0 Å². The van der Waals surface area contributed by atoms with Crippen LogP contribution in [0.2, 0.25) is 0 Å². The molecule has 0 saturated heterocycles. The smallest absolute Gasteiger partial charge is 0.00698 e. The highest BCUT2D eigenvalue weighted by Gasteiger charge is 2.26. The van der Waals surface area contributed by atoms with Gasteiger partial charge in [-0.15, -0.1) is 0 Å². The van der Waals surface area contributed by atoms with Gasteiger partial charge in [-0.1, -0.05) is 26.7 Å². The molecule has 0 radical (unpaired) electrons. The van der Waals surface area contributed by atoms with E-state index >= 15 is 0 Å². The molecule has 2 aliphatic rings. The first-order valence-electron chi connectivity index (χ1n) is 7.04. The molecule has 2 saturated carbocycles. The van der Waals surface area contributed by atoms with E-state index in [9.17, 15) is 0 Å². The lowest BCUT2D eigenvalue weighted by Gasteiger charge is -2.30. The molecule has 15 heavy (non-hydrogen) atoms. The van der Waals surface area contributed by atoms with E-state index in [0.717, 1.165) is 23.9 Å². The molecule has 0 spiro atoms. The molecule has 1 atom stereocenters. The van der Waals surface area contributed by atoms with Gasteiger partial charge in [0, 0.05) is 12.1 Å². The number of nitrogens with one attached hydrogen (secondary N) is 1. The summed E-state index contributed by atoms with van der Waals surface area (Å²) >= 11 is 0. The van der Waals surface area contributed by atoms with Crippen molar-refractivity contribution in [2.24, 2.45) is 11.8 Å². The quantitative estimate of drug-likeness (QED) is 0.727. The van der Waals surface area contributed by atoms with Crippen LogP contribution in [0.1, 0.15) is 65.2 Å².